The molecule has 0 atom stereocenters. The van der Waals surface area contributed by atoms with Crippen molar-refractivity contribution in [3.63, 3.8) is 0 Å². The highest BCUT2D eigenvalue weighted by molar-refractivity contribution is 5.49. The number of aromatic nitrogens is 2. The van der Waals surface area contributed by atoms with Gasteiger partial charge in [-0.3, -0.25) is 10.1 Å². The van der Waals surface area contributed by atoms with Crippen molar-refractivity contribution < 1.29 is 14.1 Å². The van der Waals surface area contributed by atoms with Crippen molar-refractivity contribution in [2.75, 3.05) is 5.73 Å². The monoisotopic (exact) mass is 292 g/mol. The Morgan fingerprint density at radius 2 is 2.19 bits per heavy atom. The van der Waals surface area contributed by atoms with Gasteiger partial charge >= 0.3 is 5.69 Å². The summed E-state index contributed by atoms with van der Waals surface area (Å²) in [5, 5.41) is 10.9. The van der Waals surface area contributed by atoms with Crippen LogP contribution in [0, 0.1) is 15.9 Å². The van der Waals surface area contributed by atoms with Gasteiger partial charge in [0.05, 0.1) is 4.92 Å². The molecular formula is C13H13FN4O3. The summed E-state index contributed by atoms with van der Waals surface area (Å²) >= 11 is 0. The van der Waals surface area contributed by atoms with E-state index in [1.807, 2.05) is 6.92 Å². The van der Waals surface area contributed by atoms with Crippen LogP contribution in [-0.4, -0.2) is 14.9 Å². The van der Waals surface area contributed by atoms with E-state index in [1.165, 1.54) is 12.1 Å². The smallest absolute Gasteiger partial charge is 0.314 e. The Labute approximate surface area is 119 Å². The Morgan fingerprint density at radius 1 is 1.43 bits per heavy atom. The highest BCUT2D eigenvalue weighted by Gasteiger charge is 2.21. The number of hydrogen-bond donors (Lipinski definition) is 1. The van der Waals surface area contributed by atoms with Gasteiger partial charge in [0.2, 0.25) is 11.6 Å². The molecule has 21 heavy (non-hydrogen) atoms. The van der Waals surface area contributed by atoms with Gasteiger partial charge in [-0.05, 0) is 12.5 Å². The first-order chi connectivity index (χ1) is 10.0. The minimum absolute atomic E-state index is 0.0286. The topological polar surface area (TPSA) is 104 Å². The van der Waals surface area contributed by atoms with Gasteiger partial charge < -0.3 is 10.5 Å². The number of para-hydroxylation sites is 1. The van der Waals surface area contributed by atoms with E-state index in [-0.39, 0.29) is 11.7 Å². The average molecular weight is 292 g/mol. The van der Waals surface area contributed by atoms with E-state index in [0.29, 0.717) is 12.2 Å². The summed E-state index contributed by atoms with van der Waals surface area (Å²) in [6.07, 6.45) is 1.36. The molecule has 0 unspecified atom stereocenters. The molecule has 0 saturated carbocycles. The molecule has 0 spiro atoms. The first-order valence-corrected chi connectivity index (χ1v) is 6.25. The van der Waals surface area contributed by atoms with Gasteiger partial charge in [0.15, 0.2) is 5.82 Å². The molecular weight excluding hydrogens is 279 g/mol. The summed E-state index contributed by atoms with van der Waals surface area (Å²) in [7, 11) is 0. The van der Waals surface area contributed by atoms with Crippen molar-refractivity contribution in [1.29, 1.82) is 0 Å². The summed E-state index contributed by atoms with van der Waals surface area (Å²) in [4.78, 5) is 18.2. The second kappa shape index (κ2) is 6.12. The lowest BCUT2D eigenvalue weighted by Crippen LogP contribution is -2.03. The quantitative estimate of drug-likeness (QED) is 0.671. The number of benzene rings is 1. The lowest BCUT2D eigenvalue weighted by atomic mass is 10.3. The number of nitrogens with two attached hydrogens (primary N) is 1. The molecule has 2 N–H and O–H groups in total. The fourth-order valence-corrected chi connectivity index (χ4v) is 1.73. The van der Waals surface area contributed by atoms with E-state index >= 15 is 0 Å². The van der Waals surface area contributed by atoms with Crippen LogP contribution in [0.25, 0.3) is 0 Å². The van der Waals surface area contributed by atoms with E-state index in [4.69, 9.17) is 10.5 Å². The van der Waals surface area contributed by atoms with Crippen molar-refractivity contribution in [3.8, 4) is 11.6 Å². The van der Waals surface area contributed by atoms with E-state index in [0.717, 1.165) is 18.6 Å². The number of rotatable bonds is 5. The number of nitrogen functional groups attached to an aromatic ring is 1. The van der Waals surface area contributed by atoms with Crippen LogP contribution in [0.3, 0.4) is 0 Å². The molecule has 0 radical (unpaired) electrons. The molecule has 0 bridgehead atoms. The van der Waals surface area contributed by atoms with Gasteiger partial charge in [-0.15, -0.1) is 0 Å². The molecule has 7 nitrogen and oxygen atoms in total. The summed E-state index contributed by atoms with van der Waals surface area (Å²) < 4.78 is 19.0. The predicted molar refractivity (Wildman–Crippen MR) is 73.6 cm³/mol. The van der Waals surface area contributed by atoms with Gasteiger partial charge in [0, 0.05) is 18.6 Å². The maximum absolute atomic E-state index is 13.7. The molecule has 0 aliphatic rings. The van der Waals surface area contributed by atoms with E-state index in [9.17, 15) is 14.5 Å². The molecule has 8 heteroatoms. The Morgan fingerprint density at radius 3 is 2.86 bits per heavy atom. The molecule has 2 rings (SSSR count). The highest BCUT2D eigenvalue weighted by atomic mass is 19.1. The van der Waals surface area contributed by atoms with E-state index in [2.05, 4.69) is 9.97 Å². The number of aryl methyl sites for hydroxylation is 1. The minimum atomic E-state index is -0.849. The standard InChI is InChI=1S/C13H13FN4O3/c1-2-4-11-16-10(15)7-12(17-11)21-13-8(14)5-3-6-9(13)18(19)20/h3,5-7H,2,4H2,1H3,(H2,15,16,17). The van der Waals surface area contributed by atoms with Gasteiger partial charge in [-0.2, -0.15) is 4.98 Å². The van der Waals surface area contributed by atoms with Crippen LogP contribution in [-0.2, 0) is 6.42 Å². The molecule has 1 aromatic heterocycles. The second-order valence-corrected chi connectivity index (χ2v) is 4.24. The molecule has 2 aromatic rings. The number of nitro groups is 1. The van der Waals surface area contributed by atoms with Crippen molar-refractivity contribution in [1.82, 2.24) is 9.97 Å². The second-order valence-electron chi connectivity index (χ2n) is 4.24. The van der Waals surface area contributed by atoms with Crippen molar-refractivity contribution in [2.45, 2.75) is 19.8 Å². The van der Waals surface area contributed by atoms with Crippen molar-refractivity contribution >= 4 is 11.5 Å². The lowest BCUT2D eigenvalue weighted by molar-refractivity contribution is -0.385. The molecule has 1 aromatic carbocycles. The third-order valence-corrected chi connectivity index (χ3v) is 2.59. The first kappa shape index (κ1) is 14.6. The van der Waals surface area contributed by atoms with Crippen LogP contribution in [0.2, 0.25) is 0 Å². The van der Waals surface area contributed by atoms with Crippen LogP contribution in [0.15, 0.2) is 24.3 Å². The van der Waals surface area contributed by atoms with Gasteiger partial charge in [-0.25, -0.2) is 9.37 Å². The zero-order chi connectivity index (χ0) is 15.4. The maximum Gasteiger partial charge on any atom is 0.314 e. The Balaban J connectivity index is 2.40. The van der Waals surface area contributed by atoms with Crippen LogP contribution in [0.4, 0.5) is 15.9 Å². The Bertz CT molecular complexity index is 678. The summed E-state index contributed by atoms with van der Waals surface area (Å²) in [6.45, 7) is 1.94. The van der Waals surface area contributed by atoms with Gasteiger partial charge in [-0.1, -0.05) is 13.0 Å². The van der Waals surface area contributed by atoms with E-state index in [1.54, 1.807) is 0 Å². The third-order valence-electron chi connectivity index (χ3n) is 2.59. The summed E-state index contributed by atoms with van der Waals surface area (Å²) in [5.41, 5.74) is 5.14. The van der Waals surface area contributed by atoms with Crippen molar-refractivity contribution in [2.24, 2.45) is 0 Å². The van der Waals surface area contributed by atoms with Crippen LogP contribution in [0.5, 0.6) is 11.6 Å². The molecule has 0 aliphatic heterocycles. The SMILES string of the molecule is CCCc1nc(N)cc(Oc2c(F)cccc2[N+](=O)[O-])n1. The molecule has 1 heterocycles. The number of halogens is 1. The zero-order valence-corrected chi connectivity index (χ0v) is 11.2. The number of nitro benzene ring substituents is 1. The summed E-state index contributed by atoms with van der Waals surface area (Å²) in [5.74, 6) is -0.783. The number of nitrogens with zero attached hydrogens (tertiary/aromatic N) is 3. The van der Waals surface area contributed by atoms with Crippen molar-refractivity contribution in [3.05, 3.63) is 46.0 Å². The van der Waals surface area contributed by atoms with Gasteiger partial charge in [0.1, 0.15) is 11.6 Å². The average Bonchev–Trinajstić information content (AvgIpc) is 2.40. The zero-order valence-electron chi connectivity index (χ0n) is 11.2. The molecule has 0 aliphatic carbocycles. The van der Waals surface area contributed by atoms with E-state index < -0.39 is 22.2 Å². The third kappa shape index (κ3) is 3.41. The fraction of sp³-hybridized carbons (Fsp3) is 0.231. The highest BCUT2D eigenvalue weighted by Crippen LogP contribution is 2.33. The molecule has 0 saturated heterocycles. The largest absolute Gasteiger partial charge is 0.428 e. The molecule has 0 fully saturated rings. The summed E-state index contributed by atoms with van der Waals surface area (Å²) in [6, 6.07) is 4.74. The Hall–Kier alpha value is -2.77. The van der Waals surface area contributed by atoms with Crippen LogP contribution < -0.4 is 10.5 Å². The number of hydrogen-bond acceptors (Lipinski definition) is 6. The molecule has 110 valence electrons. The minimum Gasteiger partial charge on any atom is -0.428 e. The number of anilines is 1. The lowest BCUT2D eigenvalue weighted by Gasteiger charge is -2.08. The fourth-order valence-electron chi connectivity index (χ4n) is 1.73. The van der Waals surface area contributed by atoms with Gasteiger partial charge in [0.25, 0.3) is 0 Å². The molecule has 0 amide bonds. The Kier molecular flexibility index (Phi) is 4.27. The first-order valence-electron chi connectivity index (χ1n) is 6.25. The predicted octanol–water partition coefficient (Wildman–Crippen LogP) is 2.85. The maximum atomic E-state index is 13.7. The number of ether oxygens (including phenoxy) is 1. The van der Waals surface area contributed by atoms with Crippen LogP contribution in [0.1, 0.15) is 19.2 Å². The van der Waals surface area contributed by atoms with Crippen LogP contribution >= 0.6 is 0 Å². The normalized spacial score (nSPS) is 10.4.